The molecule has 0 aliphatic carbocycles. The SMILES string of the molecule is COc1cc(-n2nnnc2C(F)(F)F)ccc1CC1CCNC(c2ccccc2)C1N.Cl.Cl. The molecule has 3 unspecified atom stereocenters. The second-order valence-corrected chi connectivity index (χ2v) is 7.58. The van der Waals surface area contributed by atoms with Crippen molar-refractivity contribution in [2.24, 2.45) is 11.7 Å². The van der Waals surface area contributed by atoms with Crippen molar-refractivity contribution in [1.82, 2.24) is 25.5 Å². The summed E-state index contributed by atoms with van der Waals surface area (Å²) in [6, 6.07) is 14.8. The van der Waals surface area contributed by atoms with Crippen LogP contribution < -0.4 is 15.8 Å². The van der Waals surface area contributed by atoms with E-state index >= 15 is 0 Å². The lowest BCUT2D eigenvalue weighted by Gasteiger charge is -2.37. The average molecular weight is 505 g/mol. The molecule has 0 bridgehead atoms. The van der Waals surface area contributed by atoms with Crippen molar-refractivity contribution in [3.63, 3.8) is 0 Å². The molecule has 33 heavy (non-hydrogen) atoms. The number of alkyl halides is 3. The molecule has 12 heteroatoms. The van der Waals surface area contributed by atoms with Gasteiger partial charge in [0.1, 0.15) is 5.75 Å². The topological polar surface area (TPSA) is 90.9 Å². The van der Waals surface area contributed by atoms with Gasteiger partial charge in [-0.15, -0.1) is 29.9 Å². The van der Waals surface area contributed by atoms with Crippen LogP contribution in [0.4, 0.5) is 13.2 Å². The third-order valence-electron chi connectivity index (χ3n) is 5.69. The van der Waals surface area contributed by atoms with Gasteiger partial charge < -0.3 is 15.8 Å². The molecule has 180 valence electrons. The zero-order chi connectivity index (χ0) is 22.0. The largest absolute Gasteiger partial charge is 0.496 e. The number of tetrazole rings is 1. The summed E-state index contributed by atoms with van der Waals surface area (Å²) < 4.78 is 45.6. The number of hydrogen-bond donors (Lipinski definition) is 2. The minimum absolute atomic E-state index is 0. The maximum Gasteiger partial charge on any atom is 0.453 e. The molecular weight excluding hydrogens is 480 g/mol. The lowest BCUT2D eigenvalue weighted by Crippen LogP contribution is -2.49. The predicted octanol–water partition coefficient (Wildman–Crippen LogP) is 3.75. The van der Waals surface area contributed by atoms with Crippen molar-refractivity contribution in [3.8, 4) is 11.4 Å². The van der Waals surface area contributed by atoms with Crippen molar-refractivity contribution in [2.75, 3.05) is 13.7 Å². The molecule has 1 aliphatic rings. The van der Waals surface area contributed by atoms with E-state index in [9.17, 15) is 13.2 Å². The van der Waals surface area contributed by atoms with Crippen molar-refractivity contribution in [1.29, 1.82) is 0 Å². The van der Waals surface area contributed by atoms with Gasteiger partial charge in [0.2, 0.25) is 0 Å². The molecule has 3 N–H and O–H groups in total. The zero-order valence-electron chi connectivity index (χ0n) is 17.7. The van der Waals surface area contributed by atoms with Gasteiger partial charge in [-0.1, -0.05) is 36.4 Å². The molecular formula is C21H25Cl2F3N6O. The van der Waals surface area contributed by atoms with E-state index in [2.05, 4.69) is 33.0 Å². The minimum Gasteiger partial charge on any atom is -0.496 e. The van der Waals surface area contributed by atoms with Crippen LogP contribution in [0.25, 0.3) is 5.69 Å². The highest BCUT2D eigenvalue weighted by atomic mass is 35.5. The number of methoxy groups -OCH3 is 1. The van der Waals surface area contributed by atoms with Crippen LogP contribution in [-0.4, -0.2) is 39.9 Å². The van der Waals surface area contributed by atoms with Crippen LogP contribution in [0.1, 0.15) is 29.4 Å². The van der Waals surface area contributed by atoms with Gasteiger partial charge in [-0.2, -0.15) is 17.9 Å². The molecule has 1 fully saturated rings. The molecule has 1 saturated heterocycles. The summed E-state index contributed by atoms with van der Waals surface area (Å²) in [6.45, 7) is 0.831. The first kappa shape index (κ1) is 26.8. The summed E-state index contributed by atoms with van der Waals surface area (Å²) in [4.78, 5) is 0. The Morgan fingerprint density at radius 1 is 1.15 bits per heavy atom. The second kappa shape index (κ2) is 11.1. The first-order valence-electron chi connectivity index (χ1n) is 9.95. The van der Waals surface area contributed by atoms with E-state index in [0.29, 0.717) is 16.9 Å². The number of piperidine rings is 1. The molecule has 4 rings (SSSR count). The Kier molecular flexibility index (Phi) is 9.07. The van der Waals surface area contributed by atoms with Crippen LogP contribution in [0.3, 0.4) is 0 Å². The first-order valence-corrected chi connectivity index (χ1v) is 9.95. The Morgan fingerprint density at radius 2 is 1.88 bits per heavy atom. The highest BCUT2D eigenvalue weighted by Crippen LogP contribution is 2.33. The van der Waals surface area contributed by atoms with E-state index in [1.54, 1.807) is 12.1 Å². The van der Waals surface area contributed by atoms with Gasteiger partial charge in [0.05, 0.1) is 12.8 Å². The molecule has 0 amide bonds. The Labute approximate surface area is 201 Å². The number of halogens is 5. The fourth-order valence-corrected chi connectivity index (χ4v) is 4.12. The van der Waals surface area contributed by atoms with E-state index in [-0.39, 0.29) is 48.5 Å². The molecule has 1 aromatic heterocycles. The highest BCUT2D eigenvalue weighted by molar-refractivity contribution is 5.85. The third-order valence-corrected chi connectivity index (χ3v) is 5.69. The molecule has 3 atom stereocenters. The quantitative estimate of drug-likeness (QED) is 0.549. The lowest BCUT2D eigenvalue weighted by atomic mass is 9.80. The summed E-state index contributed by atoms with van der Waals surface area (Å²) >= 11 is 0. The molecule has 2 aromatic carbocycles. The number of nitrogens with two attached hydrogens (primary N) is 1. The number of benzene rings is 2. The Bertz CT molecular complexity index is 1030. The number of nitrogens with one attached hydrogen (secondary N) is 1. The van der Waals surface area contributed by atoms with Crippen molar-refractivity contribution < 1.29 is 17.9 Å². The summed E-state index contributed by atoms with van der Waals surface area (Å²) in [7, 11) is 1.49. The minimum atomic E-state index is -4.66. The summed E-state index contributed by atoms with van der Waals surface area (Å²) in [6.07, 6.45) is -3.12. The van der Waals surface area contributed by atoms with E-state index < -0.39 is 12.0 Å². The standard InChI is InChI=1S/C21H23F3N6O.2ClH/c1-31-17-12-16(30-20(21(22,23)24)27-28-29-30)8-7-14(17)11-15-9-10-26-19(18(15)25)13-5-3-2-4-6-13;;/h2-8,12,15,18-19,26H,9-11,25H2,1H3;2*1H. The van der Waals surface area contributed by atoms with E-state index in [0.717, 1.165) is 24.1 Å². The highest BCUT2D eigenvalue weighted by Gasteiger charge is 2.38. The molecule has 0 radical (unpaired) electrons. The molecule has 3 aromatic rings. The Hall–Kier alpha value is -2.40. The van der Waals surface area contributed by atoms with Gasteiger partial charge in [-0.25, -0.2) is 0 Å². The molecule has 0 saturated carbocycles. The smallest absolute Gasteiger partial charge is 0.453 e. The summed E-state index contributed by atoms with van der Waals surface area (Å²) in [5.41, 5.74) is 8.80. The van der Waals surface area contributed by atoms with Crippen molar-refractivity contribution in [2.45, 2.75) is 31.1 Å². The van der Waals surface area contributed by atoms with Gasteiger partial charge in [0, 0.05) is 18.2 Å². The van der Waals surface area contributed by atoms with Crippen LogP contribution in [0.5, 0.6) is 5.75 Å². The first-order chi connectivity index (χ1) is 14.9. The lowest BCUT2D eigenvalue weighted by molar-refractivity contribution is -0.146. The number of ether oxygens (including phenoxy) is 1. The van der Waals surface area contributed by atoms with Crippen LogP contribution >= 0.6 is 24.8 Å². The van der Waals surface area contributed by atoms with E-state index in [1.165, 1.54) is 13.2 Å². The third kappa shape index (κ3) is 5.75. The van der Waals surface area contributed by atoms with Crippen LogP contribution in [-0.2, 0) is 12.6 Å². The maximum absolute atomic E-state index is 13.1. The monoisotopic (exact) mass is 504 g/mol. The van der Waals surface area contributed by atoms with Crippen LogP contribution in [0, 0.1) is 5.92 Å². The fourth-order valence-electron chi connectivity index (χ4n) is 4.12. The van der Waals surface area contributed by atoms with Gasteiger partial charge >= 0.3 is 6.18 Å². The van der Waals surface area contributed by atoms with Gasteiger partial charge in [0.15, 0.2) is 0 Å². The Balaban J connectivity index is 0.00000193. The molecule has 0 spiro atoms. The average Bonchev–Trinajstić information content (AvgIpc) is 3.27. The molecule has 1 aliphatic heterocycles. The summed E-state index contributed by atoms with van der Waals surface area (Å²) in [5, 5.41) is 13.2. The maximum atomic E-state index is 13.1. The summed E-state index contributed by atoms with van der Waals surface area (Å²) in [5.74, 6) is -0.526. The van der Waals surface area contributed by atoms with Crippen molar-refractivity contribution >= 4 is 24.8 Å². The van der Waals surface area contributed by atoms with E-state index in [1.807, 2.05) is 18.2 Å². The molecule has 7 nitrogen and oxygen atoms in total. The van der Waals surface area contributed by atoms with Gasteiger partial charge in [-0.3, -0.25) is 0 Å². The fraction of sp³-hybridized carbons (Fsp3) is 0.381. The predicted molar refractivity (Wildman–Crippen MR) is 122 cm³/mol. The normalized spacial score (nSPS) is 20.5. The van der Waals surface area contributed by atoms with Crippen LogP contribution in [0.15, 0.2) is 48.5 Å². The second-order valence-electron chi connectivity index (χ2n) is 7.58. The number of nitrogens with zero attached hydrogens (tertiary/aromatic N) is 4. The number of rotatable bonds is 5. The van der Waals surface area contributed by atoms with Crippen molar-refractivity contribution in [3.05, 3.63) is 65.5 Å². The number of hydrogen-bond acceptors (Lipinski definition) is 6. The number of aromatic nitrogens is 4. The van der Waals surface area contributed by atoms with Crippen LogP contribution in [0.2, 0.25) is 0 Å². The zero-order valence-corrected chi connectivity index (χ0v) is 19.3. The van der Waals surface area contributed by atoms with Gasteiger partial charge in [0.25, 0.3) is 5.82 Å². The van der Waals surface area contributed by atoms with Gasteiger partial charge in [-0.05, 0) is 52.9 Å². The molecule has 2 heterocycles. The van der Waals surface area contributed by atoms with E-state index in [4.69, 9.17) is 10.5 Å². The Morgan fingerprint density at radius 3 is 2.55 bits per heavy atom.